The molecule has 0 bridgehead atoms. The van der Waals surface area contributed by atoms with Gasteiger partial charge in [-0.1, -0.05) is 11.6 Å². The first-order chi connectivity index (χ1) is 6.24. The number of halogens is 1. The summed E-state index contributed by atoms with van der Waals surface area (Å²) in [6.45, 7) is 1.92. The Morgan fingerprint density at radius 3 is 3.00 bits per heavy atom. The number of hydrogen-bond acceptors (Lipinski definition) is 2. The van der Waals surface area contributed by atoms with Crippen LogP contribution in [-0.4, -0.2) is 0 Å². The molecule has 2 aromatic rings. The molecule has 2 rings (SSSR count). The Kier molecular flexibility index (Phi) is 1.99. The van der Waals surface area contributed by atoms with Crippen LogP contribution in [0.5, 0.6) is 0 Å². The summed E-state index contributed by atoms with van der Waals surface area (Å²) in [6, 6.07) is 6.09. The number of aryl methyl sites for hydroxylation is 1. The molecule has 0 spiro atoms. The summed E-state index contributed by atoms with van der Waals surface area (Å²) in [6.07, 6.45) is 0. The lowest BCUT2D eigenvalue weighted by Crippen LogP contribution is -1.82. The Morgan fingerprint density at radius 1 is 1.54 bits per heavy atom. The van der Waals surface area contributed by atoms with Crippen molar-refractivity contribution in [1.29, 1.82) is 5.26 Å². The molecule has 1 nitrogen and oxygen atoms in total. The second-order valence-corrected chi connectivity index (χ2v) is 4.15. The van der Waals surface area contributed by atoms with Crippen molar-refractivity contribution in [2.45, 2.75) is 6.92 Å². The van der Waals surface area contributed by atoms with Gasteiger partial charge in [-0.25, -0.2) is 0 Å². The van der Waals surface area contributed by atoms with Crippen LogP contribution in [0.1, 0.15) is 11.1 Å². The molecule has 0 fully saturated rings. The Morgan fingerprint density at radius 2 is 2.31 bits per heavy atom. The lowest BCUT2D eigenvalue weighted by atomic mass is 10.1. The molecule has 0 atom stereocenters. The molecule has 1 aromatic heterocycles. The topological polar surface area (TPSA) is 23.8 Å². The smallest absolute Gasteiger partial charge is 0.101 e. The Labute approximate surface area is 85.2 Å². The van der Waals surface area contributed by atoms with Crippen LogP contribution in [0.25, 0.3) is 10.1 Å². The molecule has 0 amide bonds. The summed E-state index contributed by atoms with van der Waals surface area (Å²) in [7, 11) is 0. The van der Waals surface area contributed by atoms with E-state index in [0.29, 0.717) is 10.6 Å². The van der Waals surface area contributed by atoms with Crippen LogP contribution in [0.15, 0.2) is 17.5 Å². The third kappa shape index (κ3) is 1.21. The van der Waals surface area contributed by atoms with Crippen LogP contribution in [0.4, 0.5) is 0 Å². The van der Waals surface area contributed by atoms with Crippen LogP contribution in [-0.2, 0) is 0 Å². The van der Waals surface area contributed by atoms with Gasteiger partial charge in [0.15, 0.2) is 0 Å². The summed E-state index contributed by atoms with van der Waals surface area (Å²) in [5.41, 5.74) is 1.56. The minimum absolute atomic E-state index is 0.577. The van der Waals surface area contributed by atoms with Crippen LogP contribution in [0.2, 0.25) is 5.02 Å². The van der Waals surface area contributed by atoms with Gasteiger partial charge in [0, 0.05) is 10.1 Å². The highest BCUT2D eigenvalue weighted by molar-refractivity contribution is 7.17. The molecule has 1 heterocycles. The molecule has 0 saturated heterocycles. The second kappa shape index (κ2) is 3.02. The van der Waals surface area contributed by atoms with Gasteiger partial charge in [0.25, 0.3) is 0 Å². The van der Waals surface area contributed by atoms with E-state index in [9.17, 15) is 0 Å². The molecule has 0 saturated carbocycles. The number of fused-ring (bicyclic) bond motifs is 1. The van der Waals surface area contributed by atoms with Crippen molar-refractivity contribution < 1.29 is 0 Å². The molecule has 0 unspecified atom stereocenters. The molecule has 0 aliphatic rings. The van der Waals surface area contributed by atoms with Gasteiger partial charge in [-0.3, -0.25) is 0 Å². The predicted octanol–water partition coefficient (Wildman–Crippen LogP) is 3.73. The van der Waals surface area contributed by atoms with E-state index in [1.165, 1.54) is 0 Å². The largest absolute Gasteiger partial charge is 0.192 e. The van der Waals surface area contributed by atoms with Crippen LogP contribution >= 0.6 is 22.9 Å². The zero-order valence-corrected chi connectivity index (χ0v) is 8.54. The van der Waals surface area contributed by atoms with Crippen molar-refractivity contribution >= 4 is 33.0 Å². The van der Waals surface area contributed by atoms with Gasteiger partial charge in [-0.15, -0.1) is 11.3 Å². The molecular weight excluding hydrogens is 202 g/mol. The minimum Gasteiger partial charge on any atom is -0.192 e. The molecule has 0 N–H and O–H groups in total. The van der Waals surface area contributed by atoms with Gasteiger partial charge in [-0.2, -0.15) is 5.26 Å². The summed E-state index contributed by atoms with van der Waals surface area (Å²) in [5, 5.41) is 12.4. The van der Waals surface area contributed by atoms with Gasteiger partial charge in [0.05, 0.1) is 10.6 Å². The number of rotatable bonds is 0. The quantitative estimate of drug-likeness (QED) is 0.646. The van der Waals surface area contributed by atoms with Gasteiger partial charge >= 0.3 is 0 Å². The number of hydrogen-bond donors (Lipinski definition) is 0. The average Bonchev–Trinajstić information content (AvgIpc) is 2.54. The van der Waals surface area contributed by atoms with Gasteiger partial charge in [0.1, 0.15) is 6.07 Å². The zero-order chi connectivity index (χ0) is 9.42. The fourth-order valence-corrected chi connectivity index (χ4v) is 2.42. The first-order valence-electron chi connectivity index (χ1n) is 3.80. The van der Waals surface area contributed by atoms with Crippen LogP contribution in [0.3, 0.4) is 0 Å². The molecular formula is C10H6ClNS. The Bertz CT molecular complexity index is 507. The van der Waals surface area contributed by atoms with Crippen molar-refractivity contribution in [3.8, 4) is 6.07 Å². The van der Waals surface area contributed by atoms with E-state index in [1.807, 2.05) is 24.4 Å². The normalized spacial score (nSPS) is 10.2. The summed E-state index contributed by atoms with van der Waals surface area (Å²) < 4.78 is 1.12. The van der Waals surface area contributed by atoms with Crippen LogP contribution < -0.4 is 0 Å². The first-order valence-corrected chi connectivity index (χ1v) is 5.06. The highest BCUT2D eigenvalue weighted by Gasteiger charge is 2.09. The van der Waals surface area contributed by atoms with E-state index in [0.717, 1.165) is 15.6 Å². The van der Waals surface area contributed by atoms with Crippen molar-refractivity contribution in [3.63, 3.8) is 0 Å². The molecule has 0 aliphatic heterocycles. The maximum absolute atomic E-state index is 8.93. The van der Waals surface area contributed by atoms with E-state index in [4.69, 9.17) is 16.9 Å². The van der Waals surface area contributed by atoms with Gasteiger partial charge < -0.3 is 0 Å². The number of nitrogens with zero attached hydrogens (tertiary/aromatic N) is 1. The van der Waals surface area contributed by atoms with Crippen molar-refractivity contribution in [2.75, 3.05) is 0 Å². The third-order valence-corrected chi connectivity index (χ3v) is 3.34. The lowest BCUT2D eigenvalue weighted by Gasteiger charge is -2.00. The Hall–Kier alpha value is -1.04. The van der Waals surface area contributed by atoms with E-state index >= 15 is 0 Å². The van der Waals surface area contributed by atoms with Crippen LogP contribution in [0, 0.1) is 18.3 Å². The SMILES string of the molecule is Cc1cc2sccc2c(C#N)c1Cl. The molecule has 13 heavy (non-hydrogen) atoms. The summed E-state index contributed by atoms with van der Waals surface area (Å²) in [4.78, 5) is 0. The summed E-state index contributed by atoms with van der Waals surface area (Å²) >= 11 is 7.64. The second-order valence-electron chi connectivity index (χ2n) is 2.83. The van der Waals surface area contributed by atoms with Crippen molar-refractivity contribution in [2.24, 2.45) is 0 Å². The monoisotopic (exact) mass is 207 g/mol. The zero-order valence-electron chi connectivity index (χ0n) is 6.97. The fraction of sp³-hybridized carbons (Fsp3) is 0.100. The fourth-order valence-electron chi connectivity index (χ4n) is 1.32. The molecule has 0 aliphatic carbocycles. The van der Waals surface area contributed by atoms with Gasteiger partial charge in [0.2, 0.25) is 0 Å². The maximum Gasteiger partial charge on any atom is 0.101 e. The van der Waals surface area contributed by atoms with Crippen molar-refractivity contribution in [3.05, 3.63) is 33.7 Å². The van der Waals surface area contributed by atoms with Crippen molar-refractivity contribution in [1.82, 2.24) is 0 Å². The first kappa shape index (κ1) is 8.55. The minimum atomic E-state index is 0.577. The molecule has 0 radical (unpaired) electrons. The third-order valence-electron chi connectivity index (χ3n) is 1.99. The number of benzene rings is 1. The lowest BCUT2D eigenvalue weighted by molar-refractivity contribution is 1.46. The predicted molar refractivity (Wildman–Crippen MR) is 56.3 cm³/mol. The van der Waals surface area contributed by atoms with E-state index < -0.39 is 0 Å². The van der Waals surface area contributed by atoms with E-state index in [-0.39, 0.29) is 0 Å². The van der Waals surface area contributed by atoms with Gasteiger partial charge in [-0.05, 0) is 30.0 Å². The summed E-state index contributed by atoms with van der Waals surface area (Å²) in [5.74, 6) is 0. The van der Waals surface area contributed by atoms with E-state index in [2.05, 4.69) is 6.07 Å². The molecule has 1 aromatic carbocycles. The maximum atomic E-state index is 8.93. The highest BCUT2D eigenvalue weighted by atomic mass is 35.5. The molecule has 64 valence electrons. The number of nitriles is 1. The average molecular weight is 208 g/mol. The Balaban J connectivity index is 2.98. The highest BCUT2D eigenvalue weighted by Crippen LogP contribution is 2.31. The number of thiophene rings is 1. The van der Waals surface area contributed by atoms with E-state index in [1.54, 1.807) is 11.3 Å². The standard InChI is InChI=1S/C10H6ClNS/c1-6-4-9-7(2-3-13-9)8(5-12)10(6)11/h2-4H,1H3. The molecule has 3 heteroatoms.